The fraction of sp³-hybridized carbons (Fsp3) is 0.400. The Morgan fingerprint density at radius 2 is 1.97 bits per heavy atom. The molecule has 2 aromatic heterocycles. The molecule has 8 nitrogen and oxygen atoms in total. The van der Waals surface area contributed by atoms with E-state index in [2.05, 4.69) is 15.1 Å². The van der Waals surface area contributed by atoms with Gasteiger partial charge in [0.2, 0.25) is 11.7 Å². The number of aromatic nitrogens is 4. The maximum Gasteiger partial charge on any atom is 0.324 e. The van der Waals surface area contributed by atoms with Gasteiger partial charge in [0.1, 0.15) is 12.0 Å². The van der Waals surface area contributed by atoms with Crippen molar-refractivity contribution < 1.29 is 9.32 Å². The summed E-state index contributed by atoms with van der Waals surface area (Å²) in [7, 11) is 3.45. The van der Waals surface area contributed by atoms with Crippen LogP contribution in [0.25, 0.3) is 17.2 Å². The van der Waals surface area contributed by atoms with Crippen molar-refractivity contribution in [2.75, 3.05) is 19.0 Å². The van der Waals surface area contributed by atoms with Crippen molar-refractivity contribution in [1.29, 1.82) is 0 Å². The van der Waals surface area contributed by atoms with Crippen LogP contribution >= 0.6 is 11.6 Å². The molecule has 0 aliphatic carbocycles. The van der Waals surface area contributed by atoms with E-state index in [1.165, 1.54) is 0 Å². The first-order valence-electron chi connectivity index (χ1n) is 9.36. The Bertz CT molecular complexity index is 1100. The molecule has 0 spiro atoms. The number of carbonyl (C=O) groups excluding carboxylic acids is 1. The molecule has 0 saturated carbocycles. The minimum Gasteiger partial charge on any atom is -0.339 e. The van der Waals surface area contributed by atoms with Crippen molar-refractivity contribution in [3.63, 3.8) is 0 Å². The highest BCUT2D eigenvalue weighted by atomic mass is 35.5. The van der Waals surface area contributed by atoms with E-state index in [0.29, 0.717) is 28.1 Å². The second kappa shape index (κ2) is 6.59. The van der Waals surface area contributed by atoms with Crippen molar-refractivity contribution in [3.8, 4) is 17.2 Å². The van der Waals surface area contributed by atoms with Crippen LogP contribution in [0, 0.1) is 0 Å². The molecule has 0 atom stereocenters. The predicted octanol–water partition coefficient (Wildman–Crippen LogP) is 4.44. The number of hydrogen-bond donors (Lipinski definition) is 0. The van der Waals surface area contributed by atoms with Gasteiger partial charge in [-0.25, -0.2) is 9.78 Å². The summed E-state index contributed by atoms with van der Waals surface area (Å²) in [5.74, 6) is 1.06. The molecule has 0 unspecified atom stereocenters. The van der Waals surface area contributed by atoms with Gasteiger partial charge in [0.05, 0.1) is 22.6 Å². The van der Waals surface area contributed by atoms with Crippen molar-refractivity contribution >= 4 is 23.3 Å². The molecular weight excluding hydrogens is 392 g/mol. The van der Waals surface area contributed by atoms with E-state index in [4.69, 9.17) is 16.1 Å². The third-order valence-electron chi connectivity index (χ3n) is 5.07. The molecule has 2 amide bonds. The maximum absolute atomic E-state index is 13.2. The van der Waals surface area contributed by atoms with Crippen LogP contribution in [0.3, 0.4) is 0 Å². The van der Waals surface area contributed by atoms with E-state index in [1.54, 1.807) is 42.4 Å². The molecule has 0 fully saturated rings. The number of carbonyl (C=O) groups is 1. The Hall–Kier alpha value is -2.87. The fourth-order valence-corrected chi connectivity index (χ4v) is 3.84. The molecule has 1 aromatic carbocycles. The second-order valence-corrected chi connectivity index (χ2v) is 8.56. The van der Waals surface area contributed by atoms with Gasteiger partial charge in [-0.3, -0.25) is 9.47 Å². The van der Waals surface area contributed by atoms with Gasteiger partial charge in [-0.2, -0.15) is 4.98 Å². The van der Waals surface area contributed by atoms with E-state index in [9.17, 15) is 4.79 Å². The van der Waals surface area contributed by atoms with Crippen LogP contribution in [0.1, 0.15) is 45.2 Å². The highest BCUT2D eigenvalue weighted by Crippen LogP contribution is 2.46. The Balaban J connectivity index is 1.98. The lowest BCUT2D eigenvalue weighted by Crippen LogP contribution is -2.53. The van der Waals surface area contributed by atoms with E-state index < -0.39 is 5.54 Å². The highest BCUT2D eigenvalue weighted by molar-refractivity contribution is 6.31. The van der Waals surface area contributed by atoms with Crippen LogP contribution in [0.15, 0.2) is 29.0 Å². The number of imidazole rings is 1. The molecule has 3 aromatic rings. The lowest BCUT2D eigenvalue weighted by molar-refractivity contribution is 0.215. The van der Waals surface area contributed by atoms with E-state index in [0.717, 1.165) is 11.4 Å². The molecular formula is C20H23ClN6O2. The molecule has 29 heavy (non-hydrogen) atoms. The molecule has 0 radical (unpaired) electrons. The van der Waals surface area contributed by atoms with E-state index >= 15 is 0 Å². The Kier molecular flexibility index (Phi) is 4.42. The minimum atomic E-state index is -0.747. The molecule has 0 N–H and O–H groups in total. The largest absolute Gasteiger partial charge is 0.339 e. The van der Waals surface area contributed by atoms with Crippen LogP contribution in [-0.4, -0.2) is 44.7 Å². The van der Waals surface area contributed by atoms with Gasteiger partial charge in [0.25, 0.3) is 0 Å². The van der Waals surface area contributed by atoms with E-state index in [-0.39, 0.29) is 11.9 Å². The first kappa shape index (κ1) is 19.4. The van der Waals surface area contributed by atoms with Gasteiger partial charge in [-0.1, -0.05) is 30.6 Å². The quantitative estimate of drug-likeness (QED) is 0.619. The average Bonchev–Trinajstić information content (AvgIpc) is 3.28. The van der Waals surface area contributed by atoms with Crippen molar-refractivity contribution in [2.45, 2.75) is 39.2 Å². The number of anilines is 1. The Morgan fingerprint density at radius 1 is 1.24 bits per heavy atom. The first-order valence-corrected chi connectivity index (χ1v) is 9.74. The van der Waals surface area contributed by atoms with Gasteiger partial charge < -0.3 is 9.42 Å². The zero-order valence-corrected chi connectivity index (χ0v) is 18.0. The third kappa shape index (κ3) is 2.90. The number of amides is 2. The molecule has 1 aliphatic rings. The highest BCUT2D eigenvalue weighted by Gasteiger charge is 2.45. The normalized spacial score (nSPS) is 14.7. The predicted molar refractivity (Wildman–Crippen MR) is 111 cm³/mol. The number of rotatable bonds is 2. The number of hydrogen-bond acceptors (Lipinski definition) is 5. The summed E-state index contributed by atoms with van der Waals surface area (Å²) in [6.07, 6.45) is 1.72. The Labute approximate surface area is 174 Å². The van der Waals surface area contributed by atoms with Crippen molar-refractivity contribution in [1.82, 2.24) is 24.6 Å². The number of nitrogens with zero attached hydrogens (tertiary/aromatic N) is 6. The fourth-order valence-electron chi connectivity index (χ4n) is 3.67. The average molecular weight is 415 g/mol. The van der Waals surface area contributed by atoms with Crippen LogP contribution < -0.4 is 4.90 Å². The van der Waals surface area contributed by atoms with Gasteiger partial charge in [0.15, 0.2) is 0 Å². The molecule has 9 heteroatoms. The lowest BCUT2D eigenvalue weighted by atomic mass is 9.91. The molecule has 152 valence electrons. The zero-order chi connectivity index (χ0) is 21.1. The molecule has 4 rings (SSSR count). The molecule has 0 bridgehead atoms. The SMILES string of the molecule is CC(C)c1nc(-c2ncn3c2C(C)(C)N(C(=O)N(C)C)c2cc(Cl)ccc2-3)no1. The van der Waals surface area contributed by atoms with Crippen molar-refractivity contribution in [2.24, 2.45) is 0 Å². The van der Waals surface area contributed by atoms with Crippen LogP contribution in [0.2, 0.25) is 5.02 Å². The summed E-state index contributed by atoms with van der Waals surface area (Å²) in [6.45, 7) is 7.92. The number of halogens is 1. The summed E-state index contributed by atoms with van der Waals surface area (Å²) in [5, 5.41) is 4.69. The Morgan fingerprint density at radius 3 is 2.59 bits per heavy atom. The smallest absolute Gasteiger partial charge is 0.324 e. The van der Waals surface area contributed by atoms with Crippen LogP contribution in [-0.2, 0) is 5.54 Å². The lowest BCUT2D eigenvalue weighted by Gasteiger charge is -2.44. The van der Waals surface area contributed by atoms with Gasteiger partial charge in [-0.05, 0) is 32.0 Å². The summed E-state index contributed by atoms with van der Waals surface area (Å²) in [4.78, 5) is 25.6. The van der Waals surface area contributed by atoms with E-state index in [1.807, 2.05) is 38.3 Å². The number of fused-ring (bicyclic) bond motifs is 3. The first-order chi connectivity index (χ1) is 13.6. The number of benzene rings is 1. The zero-order valence-electron chi connectivity index (χ0n) is 17.3. The van der Waals surface area contributed by atoms with Crippen LogP contribution in [0.5, 0.6) is 0 Å². The summed E-state index contributed by atoms with van der Waals surface area (Å²) in [6, 6.07) is 5.32. The number of urea groups is 1. The topological polar surface area (TPSA) is 80.3 Å². The minimum absolute atomic E-state index is 0.109. The monoisotopic (exact) mass is 414 g/mol. The van der Waals surface area contributed by atoms with Crippen LogP contribution in [0.4, 0.5) is 10.5 Å². The summed E-state index contributed by atoms with van der Waals surface area (Å²) >= 11 is 6.27. The van der Waals surface area contributed by atoms with Gasteiger partial charge in [-0.15, -0.1) is 0 Å². The van der Waals surface area contributed by atoms with Crippen molar-refractivity contribution in [3.05, 3.63) is 41.1 Å². The standard InChI is InChI=1S/C20H23ClN6O2/c1-11(2)18-23-17(24-29-18)15-16-20(3,4)27(19(28)25(5)6)14-9-12(21)7-8-13(14)26(16)10-22-15/h7-11H,1-6H3. The molecule has 1 aliphatic heterocycles. The summed E-state index contributed by atoms with van der Waals surface area (Å²) in [5.41, 5.74) is 2.17. The maximum atomic E-state index is 13.2. The van der Waals surface area contributed by atoms with Gasteiger partial charge >= 0.3 is 6.03 Å². The molecule has 0 saturated heterocycles. The third-order valence-corrected chi connectivity index (χ3v) is 5.30. The van der Waals surface area contributed by atoms with Gasteiger partial charge in [0, 0.05) is 25.0 Å². The second-order valence-electron chi connectivity index (χ2n) is 8.13. The molecule has 3 heterocycles. The summed E-state index contributed by atoms with van der Waals surface area (Å²) < 4.78 is 7.35.